The Bertz CT molecular complexity index is 1610. The van der Waals surface area contributed by atoms with E-state index in [1.165, 1.54) is 0 Å². The quantitative estimate of drug-likeness (QED) is 0.346. The molecule has 3 heterocycles. The Labute approximate surface area is 211 Å². The van der Waals surface area contributed by atoms with Crippen molar-refractivity contribution in [2.24, 2.45) is 0 Å². The Balaban J connectivity index is 1.64. The molecular weight excluding hydrogens is 478 g/mol. The van der Waals surface area contributed by atoms with E-state index in [9.17, 15) is 4.79 Å². The van der Waals surface area contributed by atoms with Crippen LogP contribution in [0, 0.1) is 0 Å². The average molecular weight is 500 g/mol. The van der Waals surface area contributed by atoms with Crippen LogP contribution in [0.3, 0.4) is 0 Å². The van der Waals surface area contributed by atoms with Gasteiger partial charge in [-0.1, -0.05) is 35.9 Å². The van der Waals surface area contributed by atoms with Gasteiger partial charge in [0.15, 0.2) is 0 Å². The number of nitrogen functional groups attached to an aromatic ring is 1. The van der Waals surface area contributed by atoms with Gasteiger partial charge in [0.25, 0.3) is 5.56 Å². The number of ether oxygens (including phenoxy) is 1. The number of fused-ring (bicyclic) bond motifs is 1. The van der Waals surface area contributed by atoms with Crippen LogP contribution in [-0.2, 0) is 0 Å². The Morgan fingerprint density at radius 2 is 1.81 bits per heavy atom. The molecule has 0 fully saturated rings. The first-order chi connectivity index (χ1) is 17.5. The maximum Gasteiger partial charge on any atom is 0.267 e. The maximum atomic E-state index is 13.7. The molecule has 0 aliphatic carbocycles. The Morgan fingerprint density at radius 1 is 1.00 bits per heavy atom. The van der Waals surface area contributed by atoms with Crippen molar-refractivity contribution in [1.82, 2.24) is 24.5 Å². The number of methoxy groups -OCH3 is 1. The summed E-state index contributed by atoms with van der Waals surface area (Å²) in [5, 5.41) is 4.07. The highest BCUT2D eigenvalue weighted by molar-refractivity contribution is 6.35. The van der Waals surface area contributed by atoms with Crippen molar-refractivity contribution >= 4 is 34.3 Å². The molecule has 2 aromatic carbocycles. The third-order valence-corrected chi connectivity index (χ3v) is 6.01. The van der Waals surface area contributed by atoms with Gasteiger partial charge in [0.05, 0.1) is 34.8 Å². The largest absolute Gasteiger partial charge is 0.481 e. The lowest BCUT2D eigenvalue weighted by molar-refractivity contribution is 0.398. The third kappa shape index (κ3) is 4.32. The first kappa shape index (κ1) is 23.3. The summed E-state index contributed by atoms with van der Waals surface area (Å²) in [5.41, 5.74) is 8.28. The van der Waals surface area contributed by atoms with E-state index in [2.05, 4.69) is 20.3 Å². The summed E-state index contributed by atoms with van der Waals surface area (Å²) < 4.78 is 6.72. The van der Waals surface area contributed by atoms with Crippen LogP contribution < -0.4 is 21.3 Å². The van der Waals surface area contributed by atoms with E-state index in [1.807, 2.05) is 43.3 Å². The number of nitrogens with zero attached hydrogens (tertiary/aromatic N) is 5. The fraction of sp³-hybridized carbons (Fsp3) is 0.115. The highest BCUT2D eigenvalue weighted by atomic mass is 35.5. The highest BCUT2D eigenvalue weighted by Crippen LogP contribution is 2.30. The van der Waals surface area contributed by atoms with Gasteiger partial charge in [-0.2, -0.15) is 4.98 Å². The molecule has 180 valence electrons. The SMILES string of the molecule is COc1ccc(-c2cnc(N)nc2NC(C)c2nc3cccc(Cl)c3c(=O)n2-c2ccccc2)cn1. The summed E-state index contributed by atoms with van der Waals surface area (Å²) in [6.07, 6.45) is 3.29. The van der Waals surface area contributed by atoms with Gasteiger partial charge in [-0.15, -0.1) is 0 Å². The van der Waals surface area contributed by atoms with Crippen molar-refractivity contribution in [2.75, 3.05) is 18.2 Å². The number of hydrogen-bond donors (Lipinski definition) is 2. The lowest BCUT2D eigenvalue weighted by atomic mass is 10.1. The van der Waals surface area contributed by atoms with Gasteiger partial charge in [0.1, 0.15) is 11.6 Å². The number of pyridine rings is 1. The molecule has 9 nitrogen and oxygen atoms in total. The molecule has 0 saturated carbocycles. The smallest absolute Gasteiger partial charge is 0.267 e. The molecule has 1 unspecified atom stereocenters. The molecule has 36 heavy (non-hydrogen) atoms. The number of nitrogens with one attached hydrogen (secondary N) is 1. The van der Waals surface area contributed by atoms with E-state index in [-0.39, 0.29) is 11.5 Å². The zero-order valence-corrected chi connectivity index (χ0v) is 20.3. The maximum absolute atomic E-state index is 13.7. The molecule has 1 atom stereocenters. The number of halogens is 1. The van der Waals surface area contributed by atoms with Gasteiger partial charge in [0, 0.05) is 29.6 Å². The number of benzene rings is 2. The summed E-state index contributed by atoms with van der Waals surface area (Å²) in [7, 11) is 1.55. The number of nitrogens with two attached hydrogens (primary N) is 1. The molecule has 5 rings (SSSR count). The summed E-state index contributed by atoms with van der Waals surface area (Å²) >= 11 is 6.40. The number of anilines is 2. The molecule has 0 amide bonds. The fourth-order valence-corrected chi connectivity index (χ4v) is 4.22. The minimum atomic E-state index is -0.458. The molecular formula is C26H22ClN7O2. The zero-order valence-electron chi connectivity index (χ0n) is 19.5. The van der Waals surface area contributed by atoms with E-state index in [4.69, 9.17) is 27.1 Å². The van der Waals surface area contributed by atoms with Crippen LogP contribution in [-0.4, -0.2) is 31.6 Å². The number of hydrogen-bond acceptors (Lipinski definition) is 8. The van der Waals surface area contributed by atoms with Crippen molar-refractivity contribution in [3.63, 3.8) is 0 Å². The van der Waals surface area contributed by atoms with Crippen molar-refractivity contribution < 1.29 is 4.74 Å². The van der Waals surface area contributed by atoms with E-state index in [1.54, 1.807) is 48.3 Å². The lowest BCUT2D eigenvalue weighted by Gasteiger charge is -2.21. The Morgan fingerprint density at radius 3 is 2.53 bits per heavy atom. The lowest BCUT2D eigenvalue weighted by Crippen LogP contribution is -2.27. The van der Waals surface area contributed by atoms with Crippen molar-refractivity contribution in [2.45, 2.75) is 13.0 Å². The van der Waals surface area contributed by atoms with Crippen LogP contribution in [0.15, 0.2) is 77.9 Å². The highest BCUT2D eigenvalue weighted by Gasteiger charge is 2.21. The molecule has 3 N–H and O–H groups in total. The predicted octanol–water partition coefficient (Wildman–Crippen LogP) is 4.66. The summed E-state index contributed by atoms with van der Waals surface area (Å²) in [4.78, 5) is 31.3. The second kappa shape index (κ2) is 9.63. The van der Waals surface area contributed by atoms with Gasteiger partial charge >= 0.3 is 0 Å². The van der Waals surface area contributed by atoms with E-state index in [0.29, 0.717) is 44.7 Å². The molecule has 10 heteroatoms. The molecule has 0 saturated heterocycles. The fourth-order valence-electron chi connectivity index (χ4n) is 3.97. The molecule has 3 aromatic heterocycles. The van der Waals surface area contributed by atoms with Gasteiger partial charge < -0.3 is 15.8 Å². The number of rotatable bonds is 6. The molecule has 0 spiro atoms. The van der Waals surface area contributed by atoms with Crippen LogP contribution in [0.4, 0.5) is 11.8 Å². The third-order valence-electron chi connectivity index (χ3n) is 5.69. The zero-order chi connectivity index (χ0) is 25.2. The minimum Gasteiger partial charge on any atom is -0.481 e. The van der Waals surface area contributed by atoms with Crippen LogP contribution in [0.1, 0.15) is 18.8 Å². The summed E-state index contributed by atoms with van der Waals surface area (Å²) in [6.45, 7) is 1.89. The molecule has 0 radical (unpaired) electrons. The molecule has 0 aliphatic heterocycles. The van der Waals surface area contributed by atoms with Gasteiger partial charge in [0.2, 0.25) is 11.8 Å². The van der Waals surface area contributed by atoms with Crippen molar-refractivity contribution in [3.05, 3.63) is 94.3 Å². The van der Waals surface area contributed by atoms with Crippen LogP contribution in [0.25, 0.3) is 27.7 Å². The molecule has 0 aliphatic rings. The number of para-hydroxylation sites is 1. The minimum absolute atomic E-state index is 0.105. The Hall–Kier alpha value is -4.50. The van der Waals surface area contributed by atoms with Crippen LogP contribution in [0.2, 0.25) is 5.02 Å². The van der Waals surface area contributed by atoms with E-state index in [0.717, 1.165) is 5.56 Å². The van der Waals surface area contributed by atoms with Crippen LogP contribution in [0.5, 0.6) is 5.88 Å². The van der Waals surface area contributed by atoms with Gasteiger partial charge in [-0.05, 0) is 37.3 Å². The molecule has 0 bridgehead atoms. The number of aromatic nitrogens is 5. The monoisotopic (exact) mass is 499 g/mol. The van der Waals surface area contributed by atoms with Gasteiger partial charge in [-0.3, -0.25) is 9.36 Å². The van der Waals surface area contributed by atoms with E-state index < -0.39 is 6.04 Å². The standard InChI is InChI=1S/C26H22ClN7O2/c1-15(31-23-18(14-30-26(28)33-23)16-11-12-21(36-2)29-13-16)24-32-20-10-6-9-19(27)22(20)25(35)34(24)17-7-4-3-5-8-17/h3-15H,1-2H3,(H3,28,30,31,33). The molecule has 5 aromatic rings. The first-order valence-corrected chi connectivity index (χ1v) is 11.5. The second-order valence-corrected chi connectivity index (χ2v) is 8.43. The van der Waals surface area contributed by atoms with E-state index >= 15 is 0 Å². The average Bonchev–Trinajstić information content (AvgIpc) is 2.89. The van der Waals surface area contributed by atoms with Gasteiger partial charge in [-0.25, -0.2) is 15.0 Å². The van der Waals surface area contributed by atoms with Crippen LogP contribution >= 0.6 is 11.6 Å². The van der Waals surface area contributed by atoms with Crippen molar-refractivity contribution in [1.29, 1.82) is 0 Å². The Kier molecular flexibility index (Phi) is 6.22. The summed E-state index contributed by atoms with van der Waals surface area (Å²) in [5.74, 6) is 1.55. The normalized spacial score (nSPS) is 11.9. The topological polar surface area (TPSA) is 121 Å². The summed E-state index contributed by atoms with van der Waals surface area (Å²) in [6, 6.07) is 17.7. The second-order valence-electron chi connectivity index (χ2n) is 8.03. The first-order valence-electron chi connectivity index (χ1n) is 11.1. The predicted molar refractivity (Wildman–Crippen MR) is 141 cm³/mol. The van der Waals surface area contributed by atoms with Crippen molar-refractivity contribution in [3.8, 4) is 22.7 Å².